The number of hydrogen-bond donors (Lipinski definition) is 2. The second-order valence-corrected chi connectivity index (χ2v) is 4.88. The Hall–Kier alpha value is -2.29. The van der Waals surface area contributed by atoms with E-state index >= 15 is 0 Å². The fourth-order valence-electron chi connectivity index (χ4n) is 2.23. The summed E-state index contributed by atoms with van der Waals surface area (Å²) in [7, 11) is 0. The first-order valence-electron chi connectivity index (χ1n) is 6.77. The minimum Gasteiger partial charge on any atom is -0.506 e. The van der Waals surface area contributed by atoms with Gasteiger partial charge in [-0.05, 0) is 36.6 Å². The van der Waals surface area contributed by atoms with Crippen molar-refractivity contribution in [2.24, 2.45) is 0 Å². The molecule has 0 aromatic heterocycles. The number of phenolic OH excluding ortho intramolecular Hbond substituents is 1. The van der Waals surface area contributed by atoms with E-state index in [4.69, 9.17) is 0 Å². The minimum atomic E-state index is -0.211. The molecule has 1 atom stereocenters. The zero-order valence-electron chi connectivity index (χ0n) is 11.8. The van der Waals surface area contributed by atoms with Gasteiger partial charge in [0, 0.05) is 0 Å². The predicted octanol–water partition coefficient (Wildman–Crippen LogP) is 3.83. The summed E-state index contributed by atoms with van der Waals surface area (Å²) in [6.45, 7) is 3.87. The number of phenols is 1. The van der Waals surface area contributed by atoms with E-state index in [1.165, 1.54) is 0 Å². The topological polar surface area (TPSA) is 49.3 Å². The molecule has 3 nitrogen and oxygen atoms in total. The predicted molar refractivity (Wildman–Crippen MR) is 80.9 cm³/mol. The summed E-state index contributed by atoms with van der Waals surface area (Å²) in [6, 6.07) is 14.9. The monoisotopic (exact) mass is 269 g/mol. The van der Waals surface area contributed by atoms with Crippen LogP contribution in [-0.2, 0) is 4.79 Å². The number of amides is 1. The van der Waals surface area contributed by atoms with Crippen LogP contribution in [0.3, 0.4) is 0 Å². The lowest BCUT2D eigenvalue weighted by atomic mass is 9.95. The maximum absolute atomic E-state index is 12.4. The van der Waals surface area contributed by atoms with Crippen molar-refractivity contribution in [3.63, 3.8) is 0 Å². The van der Waals surface area contributed by atoms with Gasteiger partial charge in [-0.25, -0.2) is 0 Å². The molecule has 0 fully saturated rings. The Morgan fingerprint density at radius 3 is 2.50 bits per heavy atom. The summed E-state index contributed by atoms with van der Waals surface area (Å²) >= 11 is 0. The van der Waals surface area contributed by atoms with Gasteiger partial charge in [-0.2, -0.15) is 0 Å². The molecule has 1 amide bonds. The Bertz CT molecular complexity index is 593. The number of aromatic hydroxyl groups is 1. The Balaban J connectivity index is 2.18. The van der Waals surface area contributed by atoms with E-state index in [1.54, 1.807) is 12.1 Å². The van der Waals surface area contributed by atoms with E-state index in [2.05, 4.69) is 5.32 Å². The standard InChI is InChI=1S/C17H19NO2/c1-3-14(13-7-5-4-6-8-13)17(20)18-15-10-9-12(2)11-16(15)19/h4-11,14,19H,3H2,1-2H3,(H,18,20). The molecule has 0 heterocycles. The first-order chi connectivity index (χ1) is 9.61. The zero-order valence-corrected chi connectivity index (χ0v) is 11.8. The van der Waals surface area contributed by atoms with Crippen LogP contribution in [0.25, 0.3) is 0 Å². The molecule has 0 aliphatic carbocycles. The van der Waals surface area contributed by atoms with E-state index in [0.29, 0.717) is 12.1 Å². The van der Waals surface area contributed by atoms with Gasteiger partial charge in [-0.15, -0.1) is 0 Å². The highest BCUT2D eigenvalue weighted by molar-refractivity contribution is 5.96. The summed E-state index contributed by atoms with van der Waals surface area (Å²) < 4.78 is 0. The quantitative estimate of drug-likeness (QED) is 0.829. The lowest BCUT2D eigenvalue weighted by Gasteiger charge is -2.16. The van der Waals surface area contributed by atoms with Crippen LogP contribution in [0.2, 0.25) is 0 Å². The molecule has 0 radical (unpaired) electrons. The molecule has 0 saturated heterocycles. The van der Waals surface area contributed by atoms with Crippen molar-refractivity contribution >= 4 is 11.6 Å². The van der Waals surface area contributed by atoms with Crippen LogP contribution in [0.1, 0.15) is 30.4 Å². The SMILES string of the molecule is CCC(C(=O)Nc1ccc(C)cc1O)c1ccccc1. The molecule has 0 aliphatic rings. The molecule has 104 valence electrons. The van der Waals surface area contributed by atoms with Gasteiger partial charge in [0.1, 0.15) is 5.75 Å². The van der Waals surface area contributed by atoms with Gasteiger partial charge in [0.15, 0.2) is 0 Å². The highest BCUT2D eigenvalue weighted by Gasteiger charge is 2.19. The van der Waals surface area contributed by atoms with Gasteiger partial charge < -0.3 is 10.4 Å². The number of carbonyl (C=O) groups is 1. The third kappa shape index (κ3) is 3.18. The summed E-state index contributed by atoms with van der Waals surface area (Å²) in [6.07, 6.45) is 0.711. The van der Waals surface area contributed by atoms with Crippen LogP contribution in [0, 0.1) is 6.92 Å². The molecule has 0 bridgehead atoms. The highest BCUT2D eigenvalue weighted by Crippen LogP contribution is 2.27. The Kier molecular flexibility index (Phi) is 4.41. The lowest BCUT2D eigenvalue weighted by Crippen LogP contribution is -2.20. The first-order valence-corrected chi connectivity index (χ1v) is 6.77. The minimum absolute atomic E-state index is 0.0984. The molecule has 0 aliphatic heterocycles. The molecule has 3 heteroatoms. The van der Waals surface area contributed by atoms with Crippen molar-refractivity contribution in [2.45, 2.75) is 26.2 Å². The molecule has 2 aromatic carbocycles. The zero-order chi connectivity index (χ0) is 14.5. The van der Waals surface area contributed by atoms with E-state index in [1.807, 2.05) is 50.2 Å². The largest absolute Gasteiger partial charge is 0.506 e. The van der Waals surface area contributed by atoms with Crippen molar-refractivity contribution in [2.75, 3.05) is 5.32 Å². The van der Waals surface area contributed by atoms with E-state index < -0.39 is 0 Å². The molecule has 0 spiro atoms. The summed E-state index contributed by atoms with van der Waals surface area (Å²) in [5.41, 5.74) is 2.39. The molecule has 2 aromatic rings. The Labute approximate surface area is 119 Å². The number of rotatable bonds is 4. The summed E-state index contributed by atoms with van der Waals surface area (Å²) in [5, 5.41) is 12.6. The molecule has 0 saturated carbocycles. The number of nitrogens with one attached hydrogen (secondary N) is 1. The molecule has 20 heavy (non-hydrogen) atoms. The fourth-order valence-corrected chi connectivity index (χ4v) is 2.23. The van der Waals surface area contributed by atoms with Crippen molar-refractivity contribution in [1.82, 2.24) is 0 Å². The maximum Gasteiger partial charge on any atom is 0.232 e. The summed E-state index contributed by atoms with van der Waals surface area (Å²) in [4.78, 5) is 12.4. The van der Waals surface area contributed by atoms with Crippen LogP contribution in [0.5, 0.6) is 5.75 Å². The summed E-state index contributed by atoms with van der Waals surface area (Å²) in [5.74, 6) is -0.212. The average Bonchev–Trinajstić information content (AvgIpc) is 2.44. The Morgan fingerprint density at radius 1 is 1.20 bits per heavy atom. The molecule has 1 unspecified atom stereocenters. The van der Waals surface area contributed by atoms with Crippen LogP contribution in [0.4, 0.5) is 5.69 Å². The maximum atomic E-state index is 12.4. The third-order valence-corrected chi connectivity index (χ3v) is 3.34. The second-order valence-electron chi connectivity index (χ2n) is 4.88. The van der Waals surface area contributed by atoms with Crippen LogP contribution < -0.4 is 5.32 Å². The average molecular weight is 269 g/mol. The van der Waals surface area contributed by atoms with Gasteiger partial charge >= 0.3 is 0 Å². The van der Waals surface area contributed by atoms with Crippen molar-refractivity contribution in [1.29, 1.82) is 0 Å². The van der Waals surface area contributed by atoms with Crippen molar-refractivity contribution in [3.05, 3.63) is 59.7 Å². The van der Waals surface area contributed by atoms with E-state index in [0.717, 1.165) is 11.1 Å². The van der Waals surface area contributed by atoms with Gasteiger partial charge in [-0.1, -0.05) is 43.3 Å². The normalized spacial score (nSPS) is 11.9. The first kappa shape index (κ1) is 14.1. The second kappa shape index (κ2) is 6.24. The third-order valence-electron chi connectivity index (χ3n) is 3.34. The van der Waals surface area contributed by atoms with Gasteiger partial charge in [-0.3, -0.25) is 4.79 Å². The number of anilines is 1. The molecular weight excluding hydrogens is 250 g/mol. The fraction of sp³-hybridized carbons (Fsp3) is 0.235. The van der Waals surface area contributed by atoms with Crippen LogP contribution in [-0.4, -0.2) is 11.0 Å². The van der Waals surface area contributed by atoms with Gasteiger partial charge in [0.05, 0.1) is 11.6 Å². The lowest BCUT2D eigenvalue weighted by molar-refractivity contribution is -0.117. The van der Waals surface area contributed by atoms with Crippen LogP contribution >= 0.6 is 0 Å². The molecule has 2 rings (SSSR count). The van der Waals surface area contributed by atoms with Gasteiger partial charge in [0.25, 0.3) is 0 Å². The van der Waals surface area contributed by atoms with Crippen LogP contribution in [0.15, 0.2) is 48.5 Å². The number of benzene rings is 2. The Morgan fingerprint density at radius 2 is 1.90 bits per heavy atom. The van der Waals surface area contributed by atoms with Crippen molar-refractivity contribution < 1.29 is 9.90 Å². The van der Waals surface area contributed by atoms with Crippen molar-refractivity contribution in [3.8, 4) is 5.75 Å². The van der Waals surface area contributed by atoms with E-state index in [-0.39, 0.29) is 17.6 Å². The molecule has 2 N–H and O–H groups in total. The number of carbonyl (C=O) groups excluding carboxylic acids is 1. The smallest absolute Gasteiger partial charge is 0.232 e. The number of aryl methyl sites for hydroxylation is 1. The number of hydrogen-bond acceptors (Lipinski definition) is 2. The highest BCUT2D eigenvalue weighted by atomic mass is 16.3. The van der Waals surface area contributed by atoms with E-state index in [9.17, 15) is 9.90 Å². The molecular formula is C17H19NO2. The van der Waals surface area contributed by atoms with Gasteiger partial charge in [0.2, 0.25) is 5.91 Å².